The topological polar surface area (TPSA) is 75.4 Å². The van der Waals surface area contributed by atoms with Gasteiger partial charge in [0.15, 0.2) is 5.75 Å². The van der Waals surface area contributed by atoms with Crippen molar-refractivity contribution in [1.82, 2.24) is 0 Å². The second kappa shape index (κ2) is 7.31. The van der Waals surface area contributed by atoms with Crippen LogP contribution in [-0.4, -0.2) is 32.9 Å². The smallest absolute Gasteiger partial charge is 0.397 e. The molecule has 9 heteroatoms. The summed E-state index contributed by atoms with van der Waals surface area (Å²) in [4.78, 5) is 2.17. The van der Waals surface area contributed by atoms with Crippen LogP contribution in [0.25, 0.3) is 0 Å². The van der Waals surface area contributed by atoms with Gasteiger partial charge >= 0.3 is 6.18 Å². The molecule has 0 amide bonds. The number of nitrogens with one attached hydrogen (secondary N) is 1. The van der Waals surface area contributed by atoms with Gasteiger partial charge in [-0.25, -0.2) is 8.42 Å². The minimum absolute atomic E-state index is 0.00130. The van der Waals surface area contributed by atoms with Gasteiger partial charge < -0.3 is 10.6 Å². The number of anilines is 3. The summed E-state index contributed by atoms with van der Waals surface area (Å²) >= 11 is 0. The van der Waals surface area contributed by atoms with E-state index < -0.39 is 22.0 Å². The van der Waals surface area contributed by atoms with Crippen molar-refractivity contribution in [2.24, 2.45) is 0 Å². The van der Waals surface area contributed by atoms with Gasteiger partial charge in [-0.1, -0.05) is 13.3 Å². The number of benzene rings is 1. The Hall–Kier alpha value is -1.64. The molecule has 0 fully saturated rings. The third-order valence-corrected chi connectivity index (χ3v) is 5.53. The summed E-state index contributed by atoms with van der Waals surface area (Å²) in [5.74, 6) is -1.94. The molecule has 3 N–H and O–H groups in total. The van der Waals surface area contributed by atoms with Crippen molar-refractivity contribution in [1.29, 1.82) is 0 Å². The Morgan fingerprint density at radius 1 is 1.36 bits per heavy atom. The standard InChI is InChI=1S/C16H24F3N3O2S/c1-3-4-7-22-11(2)5-6-12-8-13(20)14(9-15(12)22)21-25(23,24)10-16(17,18)19/h8-9,11,21H,3-7,10,20H2,1-2H3. The lowest BCUT2D eigenvalue weighted by Crippen LogP contribution is -2.38. The van der Waals surface area contributed by atoms with E-state index in [0.717, 1.165) is 43.5 Å². The molecule has 1 aromatic rings. The van der Waals surface area contributed by atoms with Crippen molar-refractivity contribution >= 4 is 27.1 Å². The fraction of sp³-hybridized carbons (Fsp3) is 0.625. The molecule has 1 aliphatic heterocycles. The Morgan fingerprint density at radius 3 is 2.64 bits per heavy atom. The third kappa shape index (κ3) is 5.17. The van der Waals surface area contributed by atoms with Crippen LogP contribution in [0.3, 0.4) is 0 Å². The molecule has 0 bridgehead atoms. The Morgan fingerprint density at radius 2 is 2.04 bits per heavy atom. The van der Waals surface area contributed by atoms with Gasteiger partial charge in [-0.3, -0.25) is 4.72 Å². The van der Waals surface area contributed by atoms with Gasteiger partial charge in [0.2, 0.25) is 10.0 Å². The maximum atomic E-state index is 12.4. The molecule has 0 saturated carbocycles. The monoisotopic (exact) mass is 379 g/mol. The van der Waals surface area contributed by atoms with Crippen molar-refractivity contribution in [3.63, 3.8) is 0 Å². The highest BCUT2D eigenvalue weighted by Gasteiger charge is 2.35. The van der Waals surface area contributed by atoms with Crippen LogP contribution in [0.15, 0.2) is 12.1 Å². The van der Waals surface area contributed by atoms with E-state index in [1.165, 1.54) is 0 Å². The molecule has 0 saturated heterocycles. The minimum atomic E-state index is -4.81. The molecular formula is C16H24F3N3O2S. The summed E-state index contributed by atoms with van der Waals surface area (Å²) in [5.41, 5.74) is 7.83. The molecule has 25 heavy (non-hydrogen) atoms. The van der Waals surface area contributed by atoms with Crippen LogP contribution in [-0.2, 0) is 16.4 Å². The van der Waals surface area contributed by atoms with Crippen molar-refractivity contribution in [2.75, 3.05) is 27.7 Å². The number of nitrogens with zero attached hydrogens (tertiary/aromatic N) is 1. The number of nitrogens with two attached hydrogens (primary N) is 1. The highest BCUT2D eigenvalue weighted by molar-refractivity contribution is 7.92. The minimum Gasteiger partial charge on any atom is -0.397 e. The second-order valence-corrected chi connectivity index (χ2v) is 8.20. The lowest BCUT2D eigenvalue weighted by Gasteiger charge is -2.37. The average Bonchev–Trinajstić information content (AvgIpc) is 2.45. The van der Waals surface area contributed by atoms with Crippen molar-refractivity contribution in [2.45, 2.75) is 51.7 Å². The lowest BCUT2D eigenvalue weighted by molar-refractivity contribution is -0.106. The number of halogens is 3. The zero-order chi connectivity index (χ0) is 18.8. The Labute approximate surface area is 146 Å². The number of aryl methyl sites for hydroxylation is 1. The molecule has 0 spiro atoms. The first-order valence-electron chi connectivity index (χ1n) is 8.28. The predicted molar refractivity (Wildman–Crippen MR) is 94.4 cm³/mol. The van der Waals surface area contributed by atoms with E-state index in [9.17, 15) is 21.6 Å². The van der Waals surface area contributed by atoms with E-state index in [4.69, 9.17) is 5.73 Å². The van der Waals surface area contributed by atoms with Crippen LogP contribution < -0.4 is 15.4 Å². The number of hydrogen-bond acceptors (Lipinski definition) is 4. The van der Waals surface area contributed by atoms with Crippen LogP contribution in [0.1, 0.15) is 38.7 Å². The largest absolute Gasteiger partial charge is 0.404 e. The number of nitrogen functional groups attached to an aromatic ring is 1. The van der Waals surface area contributed by atoms with E-state index in [1.54, 1.807) is 12.1 Å². The van der Waals surface area contributed by atoms with Crippen LogP contribution in [0.4, 0.5) is 30.2 Å². The predicted octanol–water partition coefficient (Wildman–Crippen LogP) is 3.51. The summed E-state index contributed by atoms with van der Waals surface area (Å²) in [6, 6.07) is 3.50. The molecule has 1 heterocycles. The molecule has 5 nitrogen and oxygen atoms in total. The lowest BCUT2D eigenvalue weighted by atomic mass is 9.95. The number of fused-ring (bicyclic) bond motifs is 1. The fourth-order valence-electron chi connectivity index (χ4n) is 3.05. The highest BCUT2D eigenvalue weighted by atomic mass is 32.2. The normalized spacial score (nSPS) is 18.1. The Kier molecular flexibility index (Phi) is 5.75. The summed E-state index contributed by atoms with van der Waals surface area (Å²) in [6.45, 7) is 4.97. The third-order valence-electron chi connectivity index (χ3n) is 4.30. The number of sulfonamides is 1. The van der Waals surface area contributed by atoms with Gasteiger partial charge in [-0.2, -0.15) is 13.2 Å². The number of hydrogen-bond donors (Lipinski definition) is 2. The zero-order valence-electron chi connectivity index (χ0n) is 14.4. The molecule has 1 aliphatic rings. The maximum Gasteiger partial charge on any atom is 0.404 e. The van der Waals surface area contributed by atoms with Gasteiger partial charge in [0, 0.05) is 18.3 Å². The average molecular weight is 379 g/mol. The number of unbranched alkanes of at least 4 members (excludes halogenated alkanes) is 1. The van der Waals surface area contributed by atoms with Crippen molar-refractivity contribution in [3.8, 4) is 0 Å². The van der Waals surface area contributed by atoms with E-state index in [2.05, 4.69) is 18.7 Å². The molecule has 0 aliphatic carbocycles. The van der Waals surface area contributed by atoms with Crippen molar-refractivity contribution in [3.05, 3.63) is 17.7 Å². The molecule has 142 valence electrons. The van der Waals surface area contributed by atoms with E-state index in [-0.39, 0.29) is 17.4 Å². The first-order chi connectivity index (χ1) is 11.5. The SMILES string of the molecule is CCCCN1c2cc(NS(=O)(=O)CC(F)(F)F)c(N)cc2CCC1C. The quantitative estimate of drug-likeness (QED) is 0.742. The number of alkyl halides is 3. The van der Waals surface area contributed by atoms with Crippen LogP contribution in [0.5, 0.6) is 0 Å². The molecule has 0 radical (unpaired) electrons. The van der Waals surface area contributed by atoms with Crippen molar-refractivity contribution < 1.29 is 21.6 Å². The first kappa shape index (κ1) is 19.7. The van der Waals surface area contributed by atoms with Gasteiger partial charge in [0.25, 0.3) is 0 Å². The molecule has 0 aromatic heterocycles. The maximum absolute atomic E-state index is 12.4. The van der Waals surface area contributed by atoms with E-state index >= 15 is 0 Å². The molecule has 1 unspecified atom stereocenters. The molecular weight excluding hydrogens is 355 g/mol. The number of rotatable bonds is 6. The highest BCUT2D eigenvalue weighted by Crippen LogP contribution is 2.37. The molecule has 1 atom stereocenters. The van der Waals surface area contributed by atoms with Crippen LogP contribution in [0, 0.1) is 0 Å². The molecule has 1 aromatic carbocycles. The zero-order valence-corrected chi connectivity index (χ0v) is 15.2. The summed E-state index contributed by atoms with van der Waals surface area (Å²) in [7, 11) is -4.56. The van der Waals surface area contributed by atoms with Gasteiger partial charge in [-0.15, -0.1) is 0 Å². The van der Waals surface area contributed by atoms with Gasteiger partial charge in [0.05, 0.1) is 11.4 Å². The molecule has 2 rings (SSSR count). The first-order valence-corrected chi connectivity index (χ1v) is 9.94. The van der Waals surface area contributed by atoms with Crippen LogP contribution in [0.2, 0.25) is 0 Å². The second-order valence-electron chi connectivity index (χ2n) is 6.48. The van der Waals surface area contributed by atoms with E-state index in [1.807, 2.05) is 4.72 Å². The van der Waals surface area contributed by atoms with Gasteiger partial charge in [0.1, 0.15) is 0 Å². The Bertz CT molecular complexity index is 720. The summed E-state index contributed by atoms with van der Waals surface area (Å²) in [5, 5.41) is 0. The summed E-state index contributed by atoms with van der Waals surface area (Å²) < 4.78 is 62.8. The summed E-state index contributed by atoms with van der Waals surface area (Å²) in [6.07, 6.45) is -1.06. The van der Waals surface area contributed by atoms with Gasteiger partial charge in [-0.05, 0) is 43.9 Å². The Balaban J connectivity index is 2.34. The van der Waals surface area contributed by atoms with Crippen LogP contribution >= 0.6 is 0 Å². The van der Waals surface area contributed by atoms with E-state index in [0.29, 0.717) is 0 Å². The fourth-order valence-corrected chi connectivity index (χ4v) is 4.07.